The SMILES string of the molecule is CCCCCCC(NCC)c1cnc(C)cn1. The predicted molar refractivity (Wildman–Crippen MR) is 71.9 cm³/mol. The Morgan fingerprint density at radius 3 is 2.53 bits per heavy atom. The Balaban J connectivity index is 2.49. The van der Waals surface area contributed by atoms with Crippen LogP contribution in [0.3, 0.4) is 0 Å². The van der Waals surface area contributed by atoms with Gasteiger partial charge in [0.2, 0.25) is 0 Å². The molecule has 0 saturated carbocycles. The molecule has 1 aromatic rings. The number of nitrogens with zero attached hydrogens (tertiary/aromatic N) is 2. The predicted octanol–water partition coefficient (Wildman–Crippen LogP) is 3.41. The van der Waals surface area contributed by atoms with E-state index < -0.39 is 0 Å². The summed E-state index contributed by atoms with van der Waals surface area (Å²) in [7, 11) is 0. The molecule has 1 atom stereocenters. The summed E-state index contributed by atoms with van der Waals surface area (Å²) in [5, 5.41) is 3.49. The molecule has 0 fully saturated rings. The number of aromatic nitrogens is 2. The van der Waals surface area contributed by atoms with Gasteiger partial charge in [-0.05, 0) is 19.9 Å². The third-order valence-corrected chi connectivity index (χ3v) is 2.95. The largest absolute Gasteiger partial charge is 0.309 e. The van der Waals surface area contributed by atoms with Crippen molar-refractivity contribution in [3.8, 4) is 0 Å². The van der Waals surface area contributed by atoms with Crippen molar-refractivity contribution in [2.75, 3.05) is 6.54 Å². The molecule has 0 spiro atoms. The Hall–Kier alpha value is -0.960. The number of nitrogens with one attached hydrogen (secondary N) is 1. The highest BCUT2D eigenvalue weighted by atomic mass is 14.9. The summed E-state index contributed by atoms with van der Waals surface area (Å²) in [5.74, 6) is 0. The van der Waals surface area contributed by atoms with Gasteiger partial charge in [-0.25, -0.2) is 0 Å². The van der Waals surface area contributed by atoms with Crippen LogP contribution in [0.1, 0.15) is 63.4 Å². The Bertz CT molecular complexity index is 295. The molecule has 0 aliphatic carbocycles. The fourth-order valence-electron chi connectivity index (χ4n) is 1.96. The number of rotatable bonds is 8. The van der Waals surface area contributed by atoms with E-state index in [9.17, 15) is 0 Å². The summed E-state index contributed by atoms with van der Waals surface area (Å²) in [4.78, 5) is 8.80. The van der Waals surface area contributed by atoms with E-state index in [0.29, 0.717) is 6.04 Å². The van der Waals surface area contributed by atoms with Crippen LogP contribution >= 0.6 is 0 Å². The number of unbranched alkanes of at least 4 members (excludes halogenated alkanes) is 3. The summed E-state index contributed by atoms with van der Waals surface area (Å²) in [5.41, 5.74) is 2.06. The van der Waals surface area contributed by atoms with Gasteiger partial charge in [0.05, 0.1) is 23.6 Å². The van der Waals surface area contributed by atoms with Crippen molar-refractivity contribution in [2.45, 2.75) is 58.9 Å². The summed E-state index contributed by atoms with van der Waals surface area (Å²) >= 11 is 0. The summed E-state index contributed by atoms with van der Waals surface area (Å²) in [6.45, 7) is 7.34. The van der Waals surface area contributed by atoms with Crippen LogP contribution in [0.15, 0.2) is 12.4 Å². The molecule has 0 aromatic carbocycles. The Kier molecular flexibility index (Phi) is 6.78. The van der Waals surface area contributed by atoms with Gasteiger partial charge in [0.1, 0.15) is 0 Å². The molecule has 96 valence electrons. The van der Waals surface area contributed by atoms with Crippen molar-refractivity contribution in [1.29, 1.82) is 0 Å². The maximum absolute atomic E-state index is 4.47. The smallest absolute Gasteiger partial charge is 0.0756 e. The van der Waals surface area contributed by atoms with E-state index >= 15 is 0 Å². The average molecular weight is 235 g/mol. The van der Waals surface area contributed by atoms with Crippen LogP contribution in [0.25, 0.3) is 0 Å². The Morgan fingerprint density at radius 2 is 1.94 bits per heavy atom. The minimum atomic E-state index is 0.366. The van der Waals surface area contributed by atoms with Gasteiger partial charge in [0, 0.05) is 6.20 Å². The van der Waals surface area contributed by atoms with Gasteiger partial charge in [-0.3, -0.25) is 9.97 Å². The molecular weight excluding hydrogens is 210 g/mol. The monoisotopic (exact) mass is 235 g/mol. The Morgan fingerprint density at radius 1 is 1.12 bits per heavy atom. The zero-order valence-electron chi connectivity index (χ0n) is 11.4. The minimum absolute atomic E-state index is 0.366. The highest BCUT2D eigenvalue weighted by Crippen LogP contribution is 2.17. The third kappa shape index (κ3) is 5.26. The second-order valence-corrected chi connectivity index (χ2v) is 4.54. The van der Waals surface area contributed by atoms with Crippen molar-refractivity contribution < 1.29 is 0 Å². The van der Waals surface area contributed by atoms with E-state index in [4.69, 9.17) is 0 Å². The first-order chi connectivity index (χ1) is 8.27. The molecule has 0 radical (unpaired) electrons. The molecule has 0 amide bonds. The molecule has 1 unspecified atom stereocenters. The van der Waals surface area contributed by atoms with Crippen molar-refractivity contribution in [2.24, 2.45) is 0 Å². The van der Waals surface area contributed by atoms with Crippen molar-refractivity contribution in [1.82, 2.24) is 15.3 Å². The summed E-state index contributed by atoms with van der Waals surface area (Å²) < 4.78 is 0. The lowest BCUT2D eigenvalue weighted by Gasteiger charge is -2.16. The molecular formula is C14H25N3. The van der Waals surface area contributed by atoms with Crippen molar-refractivity contribution in [3.63, 3.8) is 0 Å². The average Bonchev–Trinajstić information content (AvgIpc) is 2.34. The highest BCUT2D eigenvalue weighted by Gasteiger charge is 2.11. The minimum Gasteiger partial charge on any atom is -0.309 e. The van der Waals surface area contributed by atoms with E-state index in [2.05, 4.69) is 29.1 Å². The number of hydrogen-bond donors (Lipinski definition) is 1. The van der Waals surface area contributed by atoms with Crippen LogP contribution in [-0.4, -0.2) is 16.5 Å². The van der Waals surface area contributed by atoms with E-state index in [1.54, 1.807) is 0 Å². The first-order valence-corrected chi connectivity index (χ1v) is 6.79. The van der Waals surface area contributed by atoms with Crippen LogP contribution in [0.5, 0.6) is 0 Å². The lowest BCUT2D eigenvalue weighted by molar-refractivity contribution is 0.471. The first-order valence-electron chi connectivity index (χ1n) is 6.79. The van der Waals surface area contributed by atoms with Gasteiger partial charge >= 0.3 is 0 Å². The normalized spacial score (nSPS) is 12.6. The molecule has 0 aliphatic rings. The van der Waals surface area contributed by atoms with Crippen molar-refractivity contribution in [3.05, 3.63) is 23.8 Å². The molecule has 1 aromatic heterocycles. The zero-order chi connectivity index (χ0) is 12.5. The van der Waals surface area contributed by atoms with E-state index in [1.165, 1.54) is 25.7 Å². The molecule has 3 nitrogen and oxygen atoms in total. The van der Waals surface area contributed by atoms with Crippen LogP contribution < -0.4 is 5.32 Å². The van der Waals surface area contributed by atoms with Gasteiger partial charge in [-0.2, -0.15) is 0 Å². The topological polar surface area (TPSA) is 37.8 Å². The van der Waals surface area contributed by atoms with Crippen LogP contribution in [0, 0.1) is 6.92 Å². The van der Waals surface area contributed by atoms with E-state index in [1.807, 2.05) is 19.3 Å². The standard InChI is InChI=1S/C14H25N3/c1-4-6-7-8-9-13(15-5-2)14-11-16-12(3)10-17-14/h10-11,13,15H,4-9H2,1-3H3. The molecule has 1 rings (SSSR count). The lowest BCUT2D eigenvalue weighted by atomic mass is 10.0. The third-order valence-electron chi connectivity index (χ3n) is 2.95. The summed E-state index contributed by atoms with van der Waals surface area (Å²) in [6.07, 6.45) is 10.1. The molecule has 1 N–H and O–H groups in total. The first kappa shape index (κ1) is 14.1. The van der Waals surface area contributed by atoms with Crippen LogP contribution in [0.2, 0.25) is 0 Å². The number of aryl methyl sites for hydroxylation is 1. The quantitative estimate of drug-likeness (QED) is 0.702. The zero-order valence-corrected chi connectivity index (χ0v) is 11.4. The number of hydrogen-bond acceptors (Lipinski definition) is 3. The van der Waals surface area contributed by atoms with E-state index in [-0.39, 0.29) is 0 Å². The van der Waals surface area contributed by atoms with Gasteiger partial charge in [-0.15, -0.1) is 0 Å². The molecule has 1 heterocycles. The summed E-state index contributed by atoms with van der Waals surface area (Å²) in [6, 6.07) is 0.366. The second-order valence-electron chi connectivity index (χ2n) is 4.54. The molecule has 0 bridgehead atoms. The van der Waals surface area contributed by atoms with Crippen LogP contribution in [-0.2, 0) is 0 Å². The molecule has 0 saturated heterocycles. The van der Waals surface area contributed by atoms with Crippen molar-refractivity contribution >= 4 is 0 Å². The van der Waals surface area contributed by atoms with Gasteiger partial charge < -0.3 is 5.32 Å². The van der Waals surface area contributed by atoms with Gasteiger partial charge in [0.15, 0.2) is 0 Å². The maximum Gasteiger partial charge on any atom is 0.0756 e. The Labute approximate surface area is 105 Å². The van der Waals surface area contributed by atoms with Gasteiger partial charge in [0.25, 0.3) is 0 Å². The van der Waals surface area contributed by atoms with Crippen LogP contribution in [0.4, 0.5) is 0 Å². The fraction of sp³-hybridized carbons (Fsp3) is 0.714. The van der Waals surface area contributed by atoms with Gasteiger partial charge in [-0.1, -0.05) is 39.5 Å². The highest BCUT2D eigenvalue weighted by molar-refractivity contribution is 5.05. The van der Waals surface area contributed by atoms with E-state index in [0.717, 1.165) is 24.4 Å². The molecule has 17 heavy (non-hydrogen) atoms. The second kappa shape index (κ2) is 8.18. The molecule has 0 aliphatic heterocycles. The maximum atomic E-state index is 4.47. The fourth-order valence-corrected chi connectivity index (χ4v) is 1.96. The molecule has 3 heteroatoms. The lowest BCUT2D eigenvalue weighted by Crippen LogP contribution is -2.22.